The number of rotatable bonds is 14. The monoisotopic (exact) mass is 637 g/mol. The van der Waals surface area contributed by atoms with Crippen LogP contribution in [-0.4, -0.2) is 71.4 Å². The van der Waals surface area contributed by atoms with Crippen molar-refractivity contribution in [3.8, 4) is 11.5 Å². The van der Waals surface area contributed by atoms with Crippen molar-refractivity contribution >= 4 is 28.9 Å². The Balaban J connectivity index is 1.55. The first-order chi connectivity index (χ1) is 21.9. The molecule has 252 valence electrons. The maximum absolute atomic E-state index is 14.0. The zero-order chi connectivity index (χ0) is 33.4. The van der Waals surface area contributed by atoms with Crippen molar-refractivity contribution in [1.82, 2.24) is 15.2 Å². The Kier molecular flexibility index (Phi) is 11.9. The van der Waals surface area contributed by atoms with Gasteiger partial charge in [-0.05, 0) is 96.3 Å². The number of aryl methyl sites for hydroxylation is 1. The third kappa shape index (κ3) is 8.70. The Hall–Kier alpha value is -3.82. The van der Waals surface area contributed by atoms with E-state index in [0.29, 0.717) is 38.0 Å². The second-order valence-corrected chi connectivity index (χ2v) is 13.6. The third-order valence-corrected chi connectivity index (χ3v) is 9.13. The molecule has 2 heterocycles. The summed E-state index contributed by atoms with van der Waals surface area (Å²) >= 11 is 0. The number of benzene rings is 1. The first kappa shape index (κ1) is 35.0. The van der Waals surface area contributed by atoms with Gasteiger partial charge in [-0.25, -0.2) is 14.6 Å². The van der Waals surface area contributed by atoms with Gasteiger partial charge >= 0.3 is 12.1 Å². The van der Waals surface area contributed by atoms with Crippen LogP contribution in [0.1, 0.15) is 102 Å². The van der Waals surface area contributed by atoms with Crippen molar-refractivity contribution in [3.05, 3.63) is 42.1 Å². The molecule has 1 aromatic heterocycles. The minimum atomic E-state index is -0.838. The number of nitrogens with zero attached hydrogens (tertiary/aromatic N) is 2. The molecule has 0 bridgehead atoms. The van der Waals surface area contributed by atoms with Crippen molar-refractivity contribution in [1.29, 1.82) is 0 Å². The number of nitrogens with one attached hydrogen (secondary N) is 1. The van der Waals surface area contributed by atoms with Crippen molar-refractivity contribution < 1.29 is 33.7 Å². The maximum Gasteiger partial charge on any atom is 0.408 e. The fraction of sp³-hybridized carbons (Fsp3) is 0.611. The Labute approximate surface area is 272 Å². The number of methoxy groups -OCH3 is 2. The Bertz CT molecular complexity index is 1400. The standard InChI is InChI=1S/C36H51N3O7/c1-7-8-9-10-11-15-29(38-35(43)46-36(2,3)4)33(41)39-22-23(20-30(39)34(42)45-6)16-18-26-27-21-25(44-5)17-19-28(27)37-31(32(26)40)24-13-12-14-24/h7,17,19,21,23-24,29-30,40H,1,8-16,18,20,22H2,2-6H3,(H,38,43)/t23-,29+,30+/m1/s1. The summed E-state index contributed by atoms with van der Waals surface area (Å²) < 4.78 is 16.1. The molecule has 0 spiro atoms. The molecule has 46 heavy (non-hydrogen) atoms. The van der Waals surface area contributed by atoms with Gasteiger partial charge in [-0.3, -0.25) is 4.79 Å². The van der Waals surface area contributed by atoms with E-state index in [1.807, 2.05) is 24.3 Å². The van der Waals surface area contributed by atoms with Gasteiger partial charge in [0, 0.05) is 23.4 Å². The summed E-state index contributed by atoms with van der Waals surface area (Å²) in [6.07, 6.45) is 9.81. The predicted octanol–water partition coefficient (Wildman–Crippen LogP) is 6.57. The molecule has 2 aliphatic rings. The summed E-state index contributed by atoms with van der Waals surface area (Å²) in [5.41, 5.74) is 1.66. The Morgan fingerprint density at radius 1 is 1.17 bits per heavy atom. The van der Waals surface area contributed by atoms with Crippen LogP contribution in [0.25, 0.3) is 10.9 Å². The number of carbonyl (C=O) groups excluding carboxylic acids is 3. The predicted molar refractivity (Wildman–Crippen MR) is 177 cm³/mol. The van der Waals surface area contributed by atoms with E-state index in [4.69, 9.17) is 19.2 Å². The zero-order valence-electron chi connectivity index (χ0n) is 28.1. The van der Waals surface area contributed by atoms with E-state index in [2.05, 4.69) is 11.9 Å². The summed E-state index contributed by atoms with van der Waals surface area (Å²) in [6, 6.07) is 4.11. The average Bonchev–Trinajstić information content (AvgIpc) is 3.42. The fourth-order valence-electron chi connectivity index (χ4n) is 6.47. The second kappa shape index (κ2) is 15.6. The van der Waals surface area contributed by atoms with Crippen LogP contribution in [-0.2, 0) is 25.5 Å². The number of ether oxygens (including phenoxy) is 3. The van der Waals surface area contributed by atoms with E-state index < -0.39 is 29.7 Å². The van der Waals surface area contributed by atoms with E-state index in [0.717, 1.165) is 67.1 Å². The summed E-state index contributed by atoms with van der Waals surface area (Å²) in [5.74, 6) is 0.346. The average molecular weight is 638 g/mol. The van der Waals surface area contributed by atoms with Gasteiger partial charge in [0.2, 0.25) is 5.91 Å². The zero-order valence-corrected chi connectivity index (χ0v) is 28.1. The lowest BCUT2D eigenvalue weighted by Crippen LogP contribution is -2.52. The SMILES string of the molecule is C=CCCCCC[C@H](NC(=O)OC(C)(C)C)C(=O)N1C[C@H](CCc2c(O)c(C3CCC3)nc3ccc(OC)cc23)C[C@H]1C(=O)OC. The van der Waals surface area contributed by atoms with E-state index in [9.17, 15) is 19.5 Å². The number of aromatic nitrogens is 1. The molecule has 1 saturated heterocycles. The molecule has 10 nitrogen and oxygen atoms in total. The van der Waals surface area contributed by atoms with Crippen LogP contribution in [0.3, 0.4) is 0 Å². The Morgan fingerprint density at radius 3 is 2.57 bits per heavy atom. The molecule has 0 unspecified atom stereocenters. The number of fused-ring (bicyclic) bond motifs is 1. The molecule has 2 fully saturated rings. The van der Waals surface area contributed by atoms with Gasteiger partial charge in [0.15, 0.2) is 0 Å². The maximum atomic E-state index is 14.0. The quantitative estimate of drug-likeness (QED) is 0.135. The minimum Gasteiger partial charge on any atom is -0.506 e. The second-order valence-electron chi connectivity index (χ2n) is 13.6. The number of hydrogen-bond acceptors (Lipinski definition) is 8. The molecule has 1 aliphatic heterocycles. The normalized spacial score (nSPS) is 18.9. The lowest BCUT2D eigenvalue weighted by molar-refractivity contribution is -0.151. The first-order valence-electron chi connectivity index (χ1n) is 16.6. The summed E-state index contributed by atoms with van der Waals surface area (Å²) in [6.45, 7) is 9.41. The van der Waals surface area contributed by atoms with Crippen LogP contribution >= 0.6 is 0 Å². The van der Waals surface area contributed by atoms with Gasteiger partial charge in [-0.2, -0.15) is 0 Å². The molecule has 1 aliphatic carbocycles. The molecule has 4 rings (SSSR count). The topological polar surface area (TPSA) is 127 Å². The van der Waals surface area contributed by atoms with Crippen molar-refractivity contribution in [2.24, 2.45) is 5.92 Å². The molecular formula is C36H51N3O7. The highest BCUT2D eigenvalue weighted by atomic mass is 16.6. The van der Waals surface area contributed by atoms with Crippen LogP contribution < -0.4 is 10.1 Å². The number of hydrogen-bond donors (Lipinski definition) is 2. The number of aromatic hydroxyl groups is 1. The molecule has 2 amide bonds. The highest BCUT2D eigenvalue weighted by Crippen LogP contribution is 2.43. The van der Waals surface area contributed by atoms with Gasteiger partial charge < -0.3 is 29.5 Å². The number of pyridine rings is 1. The summed E-state index contributed by atoms with van der Waals surface area (Å²) in [7, 11) is 2.94. The summed E-state index contributed by atoms with van der Waals surface area (Å²) in [4.78, 5) is 46.2. The van der Waals surface area contributed by atoms with Crippen LogP contribution in [0, 0.1) is 5.92 Å². The van der Waals surface area contributed by atoms with Gasteiger partial charge in [-0.15, -0.1) is 6.58 Å². The van der Waals surface area contributed by atoms with Gasteiger partial charge in [0.05, 0.1) is 25.4 Å². The van der Waals surface area contributed by atoms with E-state index in [1.54, 1.807) is 32.8 Å². The van der Waals surface area contributed by atoms with E-state index >= 15 is 0 Å². The molecule has 2 aromatic rings. The van der Waals surface area contributed by atoms with Crippen molar-refractivity contribution in [3.63, 3.8) is 0 Å². The molecular weight excluding hydrogens is 586 g/mol. The molecule has 1 saturated carbocycles. The Morgan fingerprint density at radius 2 is 1.93 bits per heavy atom. The van der Waals surface area contributed by atoms with Crippen LogP contribution in [0.15, 0.2) is 30.9 Å². The van der Waals surface area contributed by atoms with Crippen LogP contribution in [0.5, 0.6) is 11.5 Å². The molecule has 3 atom stereocenters. The molecule has 1 aromatic carbocycles. The van der Waals surface area contributed by atoms with Crippen LogP contribution in [0.2, 0.25) is 0 Å². The van der Waals surface area contributed by atoms with Crippen molar-refractivity contribution in [2.75, 3.05) is 20.8 Å². The highest BCUT2D eigenvalue weighted by Gasteiger charge is 2.42. The van der Waals surface area contributed by atoms with Crippen LogP contribution in [0.4, 0.5) is 4.79 Å². The van der Waals surface area contributed by atoms with Crippen molar-refractivity contribution in [2.45, 2.75) is 115 Å². The highest BCUT2D eigenvalue weighted by molar-refractivity contribution is 5.90. The third-order valence-electron chi connectivity index (χ3n) is 9.13. The van der Waals surface area contributed by atoms with E-state index in [-0.39, 0.29) is 23.5 Å². The molecule has 10 heteroatoms. The number of esters is 1. The number of allylic oxidation sites excluding steroid dienone is 1. The first-order valence-corrected chi connectivity index (χ1v) is 16.6. The molecule has 2 N–H and O–H groups in total. The summed E-state index contributed by atoms with van der Waals surface area (Å²) in [5, 5.41) is 15.1. The van der Waals surface area contributed by atoms with Gasteiger partial charge in [0.25, 0.3) is 0 Å². The minimum absolute atomic E-state index is 0.0248. The van der Waals surface area contributed by atoms with Gasteiger partial charge in [-0.1, -0.05) is 25.3 Å². The lowest BCUT2D eigenvalue weighted by atomic mass is 9.81. The fourth-order valence-corrected chi connectivity index (χ4v) is 6.47. The van der Waals surface area contributed by atoms with Gasteiger partial charge in [0.1, 0.15) is 29.2 Å². The number of unbranched alkanes of at least 4 members (excludes halogenated alkanes) is 3. The number of likely N-dealkylation sites (tertiary alicyclic amines) is 1. The number of carbonyl (C=O) groups is 3. The molecule has 0 radical (unpaired) electrons. The number of alkyl carbamates (subject to hydrolysis) is 1. The van der Waals surface area contributed by atoms with E-state index in [1.165, 1.54) is 7.11 Å². The lowest BCUT2D eigenvalue weighted by Gasteiger charge is -2.29. The smallest absolute Gasteiger partial charge is 0.408 e. The number of amides is 2. The largest absolute Gasteiger partial charge is 0.506 e.